The molecule has 2 N–H and O–H groups in total. The van der Waals surface area contributed by atoms with Gasteiger partial charge in [-0.15, -0.1) is 0 Å². The van der Waals surface area contributed by atoms with Crippen molar-refractivity contribution in [2.45, 2.75) is 26.8 Å². The Bertz CT molecular complexity index is 593. The molecule has 0 spiro atoms. The van der Waals surface area contributed by atoms with E-state index in [0.717, 1.165) is 16.7 Å². The van der Waals surface area contributed by atoms with Crippen LogP contribution in [-0.2, 0) is 0 Å². The molecule has 0 fully saturated rings. The van der Waals surface area contributed by atoms with E-state index >= 15 is 0 Å². The van der Waals surface area contributed by atoms with Crippen molar-refractivity contribution in [2.24, 2.45) is 5.73 Å². The first kappa shape index (κ1) is 13.6. The molecule has 0 saturated heterocycles. The van der Waals surface area contributed by atoms with Gasteiger partial charge in [0.25, 0.3) is 0 Å². The molecule has 2 rings (SSSR count). The van der Waals surface area contributed by atoms with Gasteiger partial charge in [-0.1, -0.05) is 18.2 Å². The monoisotopic (exact) mass is 259 g/mol. The van der Waals surface area contributed by atoms with Crippen molar-refractivity contribution < 1.29 is 9.13 Å². The highest BCUT2D eigenvalue weighted by Gasteiger charge is 2.09. The average Bonchev–Trinajstić information content (AvgIpc) is 2.36. The Balaban J connectivity index is 2.31. The molecule has 0 aromatic heterocycles. The lowest BCUT2D eigenvalue weighted by Crippen LogP contribution is -2.05. The highest BCUT2D eigenvalue weighted by atomic mass is 19.1. The van der Waals surface area contributed by atoms with Crippen molar-refractivity contribution in [3.8, 4) is 11.5 Å². The van der Waals surface area contributed by atoms with Crippen LogP contribution in [-0.4, -0.2) is 0 Å². The van der Waals surface area contributed by atoms with Gasteiger partial charge >= 0.3 is 0 Å². The molecule has 0 radical (unpaired) electrons. The molecule has 0 aliphatic rings. The molecule has 1 unspecified atom stereocenters. The molecule has 100 valence electrons. The fraction of sp³-hybridized carbons (Fsp3) is 0.250. The van der Waals surface area contributed by atoms with Crippen molar-refractivity contribution in [1.29, 1.82) is 0 Å². The zero-order valence-corrected chi connectivity index (χ0v) is 11.4. The molecular weight excluding hydrogens is 241 g/mol. The molecule has 3 heteroatoms. The maximum Gasteiger partial charge on any atom is 0.166 e. The summed E-state index contributed by atoms with van der Waals surface area (Å²) in [6, 6.07) is 10.5. The Morgan fingerprint density at radius 2 is 1.79 bits per heavy atom. The van der Waals surface area contributed by atoms with Crippen LogP contribution in [0.5, 0.6) is 11.5 Å². The molecule has 0 aliphatic carbocycles. The van der Waals surface area contributed by atoms with Crippen molar-refractivity contribution >= 4 is 0 Å². The summed E-state index contributed by atoms with van der Waals surface area (Å²) in [5.41, 5.74) is 8.53. The zero-order valence-electron chi connectivity index (χ0n) is 11.4. The average molecular weight is 259 g/mol. The third-order valence-corrected chi connectivity index (χ3v) is 3.05. The van der Waals surface area contributed by atoms with Gasteiger partial charge in [-0.05, 0) is 55.7 Å². The van der Waals surface area contributed by atoms with E-state index in [-0.39, 0.29) is 11.8 Å². The lowest BCUT2D eigenvalue weighted by Gasteiger charge is -2.12. The molecule has 2 aromatic rings. The minimum Gasteiger partial charge on any atom is -0.454 e. The summed E-state index contributed by atoms with van der Waals surface area (Å²) >= 11 is 0. The molecule has 0 amide bonds. The van der Waals surface area contributed by atoms with Crippen LogP contribution in [0.4, 0.5) is 4.39 Å². The Morgan fingerprint density at radius 3 is 2.42 bits per heavy atom. The minimum absolute atomic E-state index is 0.191. The van der Waals surface area contributed by atoms with E-state index in [1.165, 1.54) is 6.07 Å². The Kier molecular flexibility index (Phi) is 3.86. The number of nitrogens with two attached hydrogens (primary N) is 1. The van der Waals surface area contributed by atoms with E-state index in [1.54, 1.807) is 12.1 Å². The molecule has 0 aliphatic heterocycles. The molecule has 0 bridgehead atoms. The van der Waals surface area contributed by atoms with Crippen LogP contribution < -0.4 is 10.5 Å². The Morgan fingerprint density at radius 1 is 1.05 bits per heavy atom. The van der Waals surface area contributed by atoms with Gasteiger partial charge in [0.05, 0.1) is 0 Å². The van der Waals surface area contributed by atoms with Gasteiger partial charge < -0.3 is 10.5 Å². The number of rotatable bonds is 3. The quantitative estimate of drug-likeness (QED) is 0.894. The minimum atomic E-state index is -0.393. The second-order valence-electron chi connectivity index (χ2n) is 4.85. The van der Waals surface area contributed by atoms with Crippen LogP contribution in [0.1, 0.15) is 29.7 Å². The normalized spacial score (nSPS) is 12.3. The lowest BCUT2D eigenvalue weighted by molar-refractivity contribution is 0.438. The highest BCUT2D eigenvalue weighted by molar-refractivity contribution is 5.41. The predicted octanol–water partition coefficient (Wildman–Crippen LogP) is 4.25. The SMILES string of the molecule is Cc1ccc(C)c(Oc2ccc(C(C)N)cc2F)c1. The van der Waals surface area contributed by atoms with E-state index in [4.69, 9.17) is 10.5 Å². The summed E-state index contributed by atoms with van der Waals surface area (Å²) in [7, 11) is 0. The van der Waals surface area contributed by atoms with E-state index in [9.17, 15) is 4.39 Å². The Hall–Kier alpha value is -1.87. The van der Waals surface area contributed by atoms with Gasteiger partial charge in [0, 0.05) is 6.04 Å². The molecule has 1 atom stereocenters. The summed E-state index contributed by atoms with van der Waals surface area (Å²) in [6.07, 6.45) is 0. The van der Waals surface area contributed by atoms with Gasteiger partial charge in [-0.25, -0.2) is 4.39 Å². The van der Waals surface area contributed by atoms with E-state index in [2.05, 4.69) is 0 Å². The second kappa shape index (κ2) is 5.41. The molecule has 2 aromatic carbocycles. The fourth-order valence-corrected chi connectivity index (χ4v) is 1.82. The fourth-order valence-electron chi connectivity index (χ4n) is 1.82. The maximum absolute atomic E-state index is 13.9. The van der Waals surface area contributed by atoms with Crippen LogP contribution >= 0.6 is 0 Å². The number of halogens is 1. The van der Waals surface area contributed by atoms with Crippen molar-refractivity contribution in [3.63, 3.8) is 0 Å². The number of ether oxygens (including phenoxy) is 1. The van der Waals surface area contributed by atoms with Gasteiger partial charge in [-0.3, -0.25) is 0 Å². The smallest absolute Gasteiger partial charge is 0.166 e. The first-order chi connectivity index (χ1) is 8.97. The summed E-state index contributed by atoms with van der Waals surface area (Å²) in [4.78, 5) is 0. The van der Waals surface area contributed by atoms with Crippen LogP contribution in [0.25, 0.3) is 0 Å². The van der Waals surface area contributed by atoms with Crippen molar-refractivity contribution in [2.75, 3.05) is 0 Å². The third-order valence-electron chi connectivity index (χ3n) is 3.05. The molecule has 2 nitrogen and oxygen atoms in total. The number of benzene rings is 2. The van der Waals surface area contributed by atoms with Crippen LogP contribution in [0.15, 0.2) is 36.4 Å². The van der Waals surface area contributed by atoms with E-state index < -0.39 is 5.82 Å². The van der Waals surface area contributed by atoms with Gasteiger partial charge in [0.2, 0.25) is 0 Å². The summed E-state index contributed by atoms with van der Waals surface area (Å²) in [6.45, 7) is 5.73. The number of hydrogen-bond donors (Lipinski definition) is 1. The van der Waals surface area contributed by atoms with Gasteiger partial charge in [0.1, 0.15) is 5.75 Å². The van der Waals surface area contributed by atoms with E-state index in [0.29, 0.717) is 5.75 Å². The second-order valence-corrected chi connectivity index (χ2v) is 4.85. The van der Waals surface area contributed by atoms with Crippen LogP contribution in [0.3, 0.4) is 0 Å². The molecule has 0 saturated carbocycles. The van der Waals surface area contributed by atoms with Gasteiger partial charge in [0.15, 0.2) is 11.6 Å². The highest BCUT2D eigenvalue weighted by Crippen LogP contribution is 2.29. The van der Waals surface area contributed by atoms with Crippen LogP contribution in [0, 0.1) is 19.7 Å². The molecular formula is C16H18FNO. The summed E-state index contributed by atoms with van der Waals surface area (Å²) in [5, 5.41) is 0. The first-order valence-electron chi connectivity index (χ1n) is 6.27. The maximum atomic E-state index is 13.9. The molecule has 19 heavy (non-hydrogen) atoms. The number of hydrogen-bond acceptors (Lipinski definition) is 2. The topological polar surface area (TPSA) is 35.2 Å². The standard InChI is InChI=1S/C16H18FNO/c1-10-4-5-11(2)16(8-10)19-15-7-6-13(12(3)18)9-14(15)17/h4-9,12H,18H2,1-3H3. The zero-order chi connectivity index (χ0) is 14.0. The lowest BCUT2D eigenvalue weighted by atomic mass is 10.1. The predicted molar refractivity (Wildman–Crippen MR) is 75.0 cm³/mol. The van der Waals surface area contributed by atoms with Crippen molar-refractivity contribution in [1.82, 2.24) is 0 Å². The third kappa shape index (κ3) is 3.12. The van der Waals surface area contributed by atoms with Crippen LogP contribution in [0.2, 0.25) is 0 Å². The molecule has 0 heterocycles. The van der Waals surface area contributed by atoms with E-state index in [1.807, 2.05) is 39.0 Å². The number of aryl methyl sites for hydroxylation is 2. The Labute approximate surface area is 113 Å². The van der Waals surface area contributed by atoms with Gasteiger partial charge in [-0.2, -0.15) is 0 Å². The first-order valence-corrected chi connectivity index (χ1v) is 6.27. The largest absolute Gasteiger partial charge is 0.454 e. The summed E-state index contributed by atoms with van der Waals surface area (Å²) in [5.74, 6) is 0.501. The van der Waals surface area contributed by atoms with Crippen molar-refractivity contribution in [3.05, 3.63) is 58.9 Å². The summed E-state index contributed by atoms with van der Waals surface area (Å²) < 4.78 is 19.6.